The van der Waals surface area contributed by atoms with Crippen molar-refractivity contribution in [2.45, 2.75) is 20.8 Å². The Morgan fingerprint density at radius 3 is 2.24 bits per heavy atom. The summed E-state index contributed by atoms with van der Waals surface area (Å²) in [5.41, 5.74) is 10.8. The lowest BCUT2D eigenvalue weighted by molar-refractivity contribution is -0.633. The van der Waals surface area contributed by atoms with Crippen LogP contribution in [0.5, 0.6) is 0 Å². The van der Waals surface area contributed by atoms with Crippen LogP contribution >= 0.6 is 0 Å². The van der Waals surface area contributed by atoms with Gasteiger partial charge in [-0.3, -0.25) is 0 Å². The number of para-hydroxylation sites is 3. The quantitative estimate of drug-likeness (QED) is 0.280. The molecule has 6 rings (SSSR count). The van der Waals surface area contributed by atoms with E-state index in [2.05, 4.69) is 122 Å². The molecule has 0 aliphatic carbocycles. The first-order valence-electron chi connectivity index (χ1n) is 11.6. The van der Waals surface area contributed by atoms with Crippen LogP contribution in [0.4, 0.5) is 0 Å². The Kier molecular flexibility index (Phi) is 4.63. The fraction of sp³-hybridized carbons (Fsp3) is 0.133. The van der Waals surface area contributed by atoms with Crippen LogP contribution in [0.2, 0.25) is 0 Å². The Morgan fingerprint density at radius 2 is 1.47 bits per heavy atom. The fourth-order valence-electron chi connectivity index (χ4n) is 5.03. The van der Waals surface area contributed by atoms with Gasteiger partial charge in [0.15, 0.2) is 16.6 Å². The monoisotopic (exact) mass is 444 g/mol. The summed E-state index contributed by atoms with van der Waals surface area (Å²) in [7, 11) is 2.13. The molecular weight excluding hydrogens is 418 g/mol. The summed E-state index contributed by atoms with van der Waals surface area (Å²) in [5, 5.41) is 0. The molecule has 0 fully saturated rings. The van der Waals surface area contributed by atoms with Crippen molar-refractivity contribution in [3.05, 3.63) is 102 Å². The Balaban J connectivity index is 1.63. The molecule has 4 heteroatoms. The topological polar surface area (TPSA) is 34.8 Å². The Bertz CT molecular complexity index is 1670. The van der Waals surface area contributed by atoms with Crippen molar-refractivity contribution < 1.29 is 8.98 Å². The van der Waals surface area contributed by atoms with Crippen molar-refractivity contribution in [2.24, 2.45) is 7.05 Å². The van der Waals surface area contributed by atoms with Gasteiger partial charge < -0.3 is 4.42 Å². The Labute approximate surface area is 198 Å². The van der Waals surface area contributed by atoms with E-state index in [1.807, 2.05) is 0 Å². The van der Waals surface area contributed by atoms with E-state index in [1.165, 1.54) is 22.2 Å². The third kappa shape index (κ3) is 3.06. The number of rotatable bonds is 3. The molecule has 0 saturated carbocycles. The standard InChI is InChI=1S/C30H26N3O/c1-19-11-10-12-20(2)28(19)29-31-24-17-21(3)23(18-27(24)34-29)30-32(4)25-15-8-9-16-26(25)33(30)22-13-6-5-7-14-22/h5-18H,1-4H3/q+1. The second-order valence-corrected chi connectivity index (χ2v) is 8.96. The van der Waals surface area contributed by atoms with Gasteiger partial charge in [-0.2, -0.15) is 4.57 Å². The van der Waals surface area contributed by atoms with E-state index < -0.39 is 0 Å². The molecule has 2 heterocycles. The van der Waals surface area contributed by atoms with Crippen LogP contribution in [-0.2, 0) is 7.05 Å². The normalized spacial score (nSPS) is 11.5. The lowest BCUT2D eigenvalue weighted by Crippen LogP contribution is -2.30. The third-order valence-corrected chi connectivity index (χ3v) is 6.70. The molecule has 0 bridgehead atoms. The van der Waals surface area contributed by atoms with Gasteiger partial charge in [0.2, 0.25) is 5.89 Å². The highest BCUT2D eigenvalue weighted by molar-refractivity contribution is 5.86. The number of nitrogens with zero attached hydrogens (tertiary/aromatic N) is 3. The number of hydrogen-bond acceptors (Lipinski definition) is 2. The van der Waals surface area contributed by atoms with Crippen molar-refractivity contribution in [2.75, 3.05) is 0 Å². The van der Waals surface area contributed by atoms with Crippen LogP contribution in [-0.4, -0.2) is 9.55 Å². The van der Waals surface area contributed by atoms with Gasteiger partial charge >= 0.3 is 0 Å². The van der Waals surface area contributed by atoms with Crippen molar-refractivity contribution in [1.82, 2.24) is 9.55 Å². The van der Waals surface area contributed by atoms with Crippen LogP contribution in [0.3, 0.4) is 0 Å². The summed E-state index contributed by atoms with van der Waals surface area (Å²) >= 11 is 0. The van der Waals surface area contributed by atoms with Crippen molar-refractivity contribution in [3.8, 4) is 28.5 Å². The maximum Gasteiger partial charge on any atom is 0.295 e. The molecule has 2 aromatic heterocycles. The van der Waals surface area contributed by atoms with Gasteiger partial charge in [0.05, 0.1) is 12.6 Å². The van der Waals surface area contributed by atoms with Crippen LogP contribution < -0.4 is 4.57 Å². The number of imidazole rings is 1. The molecule has 0 saturated heterocycles. The van der Waals surface area contributed by atoms with Crippen molar-refractivity contribution in [1.29, 1.82) is 0 Å². The van der Waals surface area contributed by atoms with E-state index >= 15 is 0 Å². The average molecular weight is 445 g/mol. The third-order valence-electron chi connectivity index (χ3n) is 6.70. The number of aryl methyl sites for hydroxylation is 4. The molecule has 4 aromatic carbocycles. The van der Waals surface area contributed by atoms with Crippen LogP contribution in [0.15, 0.2) is 89.3 Å². The highest BCUT2D eigenvalue weighted by atomic mass is 16.3. The molecular formula is C30H26N3O+. The molecule has 0 spiro atoms. The van der Waals surface area contributed by atoms with Crippen molar-refractivity contribution >= 4 is 22.1 Å². The number of oxazole rings is 1. The second kappa shape index (κ2) is 7.70. The average Bonchev–Trinajstić information content (AvgIpc) is 3.37. The number of fused-ring (bicyclic) bond motifs is 2. The first-order valence-corrected chi connectivity index (χ1v) is 11.6. The smallest absolute Gasteiger partial charge is 0.295 e. The van der Waals surface area contributed by atoms with Gasteiger partial charge in [-0.05, 0) is 73.9 Å². The summed E-state index contributed by atoms with van der Waals surface area (Å²) in [6, 6.07) is 29.6. The largest absolute Gasteiger partial charge is 0.436 e. The lowest BCUT2D eigenvalue weighted by Gasteiger charge is -2.06. The highest BCUT2D eigenvalue weighted by Crippen LogP contribution is 2.34. The van der Waals surface area contributed by atoms with Gasteiger partial charge in [0, 0.05) is 5.56 Å². The molecule has 0 aliphatic heterocycles. The number of hydrogen-bond donors (Lipinski definition) is 0. The van der Waals surface area contributed by atoms with Gasteiger partial charge in [0.1, 0.15) is 11.2 Å². The van der Waals surface area contributed by atoms with E-state index in [1.54, 1.807) is 0 Å². The number of benzene rings is 4. The van der Waals surface area contributed by atoms with E-state index in [-0.39, 0.29) is 0 Å². The first kappa shape index (κ1) is 20.4. The second-order valence-electron chi connectivity index (χ2n) is 8.96. The lowest BCUT2D eigenvalue weighted by atomic mass is 10.0. The molecule has 34 heavy (non-hydrogen) atoms. The fourth-order valence-corrected chi connectivity index (χ4v) is 5.03. The Hall–Kier alpha value is -4.18. The first-order chi connectivity index (χ1) is 16.5. The zero-order valence-corrected chi connectivity index (χ0v) is 19.8. The minimum Gasteiger partial charge on any atom is -0.436 e. The van der Waals surface area contributed by atoms with E-state index in [0.717, 1.165) is 39.3 Å². The highest BCUT2D eigenvalue weighted by Gasteiger charge is 2.28. The predicted octanol–water partition coefficient (Wildman–Crippen LogP) is 6.86. The predicted molar refractivity (Wildman–Crippen MR) is 137 cm³/mol. The zero-order valence-electron chi connectivity index (χ0n) is 19.8. The summed E-state index contributed by atoms with van der Waals surface area (Å²) in [5.74, 6) is 1.78. The zero-order chi connectivity index (χ0) is 23.4. The van der Waals surface area contributed by atoms with Crippen molar-refractivity contribution in [3.63, 3.8) is 0 Å². The van der Waals surface area contributed by atoms with Crippen LogP contribution in [0.1, 0.15) is 16.7 Å². The van der Waals surface area contributed by atoms with Gasteiger partial charge in [-0.15, -0.1) is 0 Å². The summed E-state index contributed by atoms with van der Waals surface area (Å²) < 4.78 is 11.0. The maximum absolute atomic E-state index is 6.36. The molecule has 0 N–H and O–H groups in total. The van der Waals surface area contributed by atoms with Crippen LogP contribution in [0.25, 0.3) is 50.7 Å². The molecule has 0 aliphatic rings. The van der Waals surface area contributed by atoms with E-state index in [4.69, 9.17) is 9.40 Å². The molecule has 4 nitrogen and oxygen atoms in total. The van der Waals surface area contributed by atoms with Gasteiger partial charge in [-0.25, -0.2) is 9.55 Å². The maximum atomic E-state index is 6.36. The van der Waals surface area contributed by atoms with Crippen LogP contribution in [0, 0.1) is 20.8 Å². The SMILES string of the molecule is Cc1cc2nc(-c3c(C)cccc3C)oc2cc1-c1n(-c2ccccc2)c2ccccc2[n+]1C. The minimum absolute atomic E-state index is 0.676. The number of aromatic nitrogens is 3. The molecule has 0 atom stereocenters. The summed E-state index contributed by atoms with van der Waals surface area (Å²) in [4.78, 5) is 4.87. The van der Waals surface area contributed by atoms with Gasteiger partial charge in [-0.1, -0.05) is 48.5 Å². The summed E-state index contributed by atoms with van der Waals surface area (Å²) in [6.45, 7) is 6.35. The molecule has 0 unspecified atom stereocenters. The Morgan fingerprint density at radius 1 is 0.765 bits per heavy atom. The molecule has 166 valence electrons. The molecule has 6 aromatic rings. The molecule has 0 amide bonds. The molecule has 0 radical (unpaired) electrons. The van der Waals surface area contributed by atoms with E-state index in [0.29, 0.717) is 5.89 Å². The van der Waals surface area contributed by atoms with E-state index in [9.17, 15) is 0 Å². The van der Waals surface area contributed by atoms with Gasteiger partial charge in [0.25, 0.3) is 5.82 Å². The minimum atomic E-state index is 0.676. The summed E-state index contributed by atoms with van der Waals surface area (Å²) in [6.07, 6.45) is 0.